The largest absolute Gasteiger partial charge is 0.489 e. The van der Waals surface area contributed by atoms with E-state index in [0.29, 0.717) is 35.3 Å². The van der Waals surface area contributed by atoms with E-state index >= 15 is 0 Å². The van der Waals surface area contributed by atoms with E-state index in [1.807, 2.05) is 36.4 Å². The van der Waals surface area contributed by atoms with Crippen molar-refractivity contribution in [3.63, 3.8) is 0 Å². The topological polar surface area (TPSA) is 136 Å². The third-order valence-corrected chi connectivity index (χ3v) is 10.0. The lowest BCUT2D eigenvalue weighted by Crippen LogP contribution is -2.42. The van der Waals surface area contributed by atoms with Crippen LogP contribution in [0.1, 0.15) is 70.7 Å². The first-order chi connectivity index (χ1) is 25.1. The average Bonchev–Trinajstić information content (AvgIpc) is 3.44. The second-order valence-corrected chi connectivity index (χ2v) is 13.0. The van der Waals surface area contributed by atoms with Gasteiger partial charge in [0.2, 0.25) is 0 Å². The minimum absolute atomic E-state index is 0.134. The third-order valence-electron chi connectivity index (χ3n) is 9.73. The number of amides is 1. The minimum Gasteiger partial charge on any atom is -0.456 e. The fraction of sp³-hybridized carbons (Fsp3) is 0.308. The van der Waals surface area contributed by atoms with Gasteiger partial charge in [-0.15, -0.1) is 0 Å². The Hall–Kier alpha value is -5.11. The van der Waals surface area contributed by atoms with Crippen molar-refractivity contribution < 1.29 is 29.1 Å². The molecule has 0 saturated heterocycles. The number of carbonyl (C=O) groups excluding carboxylic acids is 2. The van der Waals surface area contributed by atoms with Gasteiger partial charge in [-0.25, -0.2) is 4.79 Å². The average molecular weight is 722 g/mol. The fourth-order valence-corrected chi connectivity index (χ4v) is 7.22. The lowest BCUT2D eigenvalue weighted by atomic mass is 9.77. The molecule has 0 aliphatic carbocycles. The number of hydrogen-bond acceptors (Lipinski definition) is 9. The normalized spacial score (nSPS) is 13.2. The quantitative estimate of drug-likeness (QED) is 0.0593. The molecule has 1 spiro atoms. The van der Waals surface area contributed by atoms with E-state index < -0.39 is 24.6 Å². The summed E-state index contributed by atoms with van der Waals surface area (Å²) >= 11 is 5.52. The maximum Gasteiger partial charge on any atom is 0.489 e. The van der Waals surface area contributed by atoms with Crippen LogP contribution in [0.4, 0.5) is 11.4 Å². The maximum absolute atomic E-state index is 13.6. The number of anilines is 2. The van der Waals surface area contributed by atoms with Crippen molar-refractivity contribution in [2.24, 2.45) is 0 Å². The minimum atomic E-state index is -1.75. The lowest BCUT2D eigenvalue weighted by Gasteiger charge is -2.38. The van der Waals surface area contributed by atoms with Crippen LogP contribution in [0.5, 0.6) is 11.5 Å². The van der Waals surface area contributed by atoms with Crippen molar-refractivity contribution in [2.45, 2.75) is 39.8 Å². The molecule has 52 heavy (non-hydrogen) atoms. The summed E-state index contributed by atoms with van der Waals surface area (Å²) in [6.45, 7) is 12.8. The summed E-state index contributed by atoms with van der Waals surface area (Å²) in [5, 5.41) is 28.6. The summed E-state index contributed by atoms with van der Waals surface area (Å²) in [6.07, 6.45) is 0. The molecule has 1 amide bonds. The third kappa shape index (κ3) is 6.91. The maximum atomic E-state index is 13.6. The van der Waals surface area contributed by atoms with Crippen LogP contribution in [0, 0.1) is 0 Å². The highest BCUT2D eigenvalue weighted by atomic mass is 32.1. The highest BCUT2D eigenvalue weighted by Gasteiger charge is 2.53. The molecule has 0 bridgehead atoms. The number of carbonyl (C=O) groups is 2. The number of rotatable bonds is 13. The van der Waals surface area contributed by atoms with Crippen LogP contribution in [0.2, 0.25) is 0 Å². The summed E-state index contributed by atoms with van der Waals surface area (Å²) in [6, 6.07) is 24.2. The highest BCUT2D eigenvalue weighted by Crippen LogP contribution is 2.57. The van der Waals surface area contributed by atoms with Gasteiger partial charge in [0.05, 0.1) is 5.56 Å². The Balaban J connectivity index is 1.23. The highest BCUT2D eigenvalue weighted by molar-refractivity contribution is 7.80. The monoisotopic (exact) mass is 721 g/mol. The zero-order chi connectivity index (χ0) is 37.0. The molecule has 2 aliphatic rings. The standard InChI is InChI=1S/C39H44BN5O6S/c1-5-44(6-2)26-14-17-30-34(22-26)50-35-23-27(45(7-3)8-4)15-18-31(35)39(30)32-21-25(13-16-28(32)37(47)51-39)24-43-38(52)42-20-19-41-36(46)29-11-9-10-12-33(29)40(48)49/h9-18,21-23,48-49H,5-8,19-20,24H2,1-4H3,(H,41,46)(H2,42,43,52). The molecule has 0 atom stereocenters. The number of hydrogen-bond donors (Lipinski definition) is 5. The number of benzene rings is 4. The summed E-state index contributed by atoms with van der Waals surface area (Å²) < 4.78 is 13.1. The van der Waals surface area contributed by atoms with Gasteiger partial charge in [0.1, 0.15) is 11.5 Å². The molecule has 0 saturated carbocycles. The van der Waals surface area contributed by atoms with E-state index in [-0.39, 0.29) is 17.6 Å². The van der Waals surface area contributed by atoms with Gasteiger partial charge in [-0.05, 0) is 93.4 Å². The molecule has 0 unspecified atom stereocenters. The van der Waals surface area contributed by atoms with E-state index in [2.05, 4.69) is 65.6 Å². The van der Waals surface area contributed by atoms with Gasteiger partial charge in [-0.3, -0.25) is 4.79 Å². The second kappa shape index (κ2) is 15.6. The Bertz CT molecular complexity index is 1920. The molecule has 2 heterocycles. The number of esters is 1. The van der Waals surface area contributed by atoms with Gasteiger partial charge in [0.25, 0.3) is 5.91 Å². The van der Waals surface area contributed by atoms with E-state index in [9.17, 15) is 19.6 Å². The molecule has 5 N–H and O–H groups in total. The first kappa shape index (κ1) is 36.7. The summed E-state index contributed by atoms with van der Waals surface area (Å²) in [7, 11) is -1.75. The first-order valence-corrected chi connectivity index (χ1v) is 18.1. The van der Waals surface area contributed by atoms with Gasteiger partial charge >= 0.3 is 13.1 Å². The van der Waals surface area contributed by atoms with Gasteiger partial charge in [0, 0.05) is 91.6 Å². The van der Waals surface area contributed by atoms with Crippen molar-refractivity contribution in [3.8, 4) is 11.5 Å². The van der Waals surface area contributed by atoms with Crippen LogP contribution in [-0.4, -0.2) is 73.4 Å². The Morgan fingerprint density at radius 2 is 1.37 bits per heavy atom. The fourth-order valence-electron chi connectivity index (χ4n) is 7.05. The van der Waals surface area contributed by atoms with E-state index in [4.69, 9.17) is 21.7 Å². The summed E-state index contributed by atoms with van der Waals surface area (Å²) in [5.41, 5.74) is 4.82. The summed E-state index contributed by atoms with van der Waals surface area (Å²) in [5.74, 6) is 0.472. The zero-order valence-electron chi connectivity index (χ0n) is 29.9. The van der Waals surface area contributed by atoms with Crippen LogP contribution in [0.25, 0.3) is 0 Å². The molecular formula is C39H44BN5O6S. The zero-order valence-corrected chi connectivity index (χ0v) is 30.7. The SMILES string of the molecule is CCN(CC)c1ccc2c(c1)Oc1cc(N(CC)CC)ccc1C21OC(=O)c2ccc(CNC(=S)NCCNC(=O)c3ccccc3B(O)O)cc21. The molecular weight excluding hydrogens is 677 g/mol. The van der Waals surface area contributed by atoms with Crippen LogP contribution in [-0.2, 0) is 16.9 Å². The van der Waals surface area contributed by atoms with Gasteiger partial charge in [-0.2, -0.15) is 0 Å². The van der Waals surface area contributed by atoms with Crippen LogP contribution < -0.4 is 35.9 Å². The predicted octanol–water partition coefficient (Wildman–Crippen LogP) is 4.02. The second-order valence-electron chi connectivity index (χ2n) is 12.6. The van der Waals surface area contributed by atoms with Crippen LogP contribution in [0.3, 0.4) is 0 Å². The Morgan fingerprint density at radius 3 is 1.96 bits per heavy atom. The molecule has 0 radical (unpaired) electrons. The van der Waals surface area contributed by atoms with E-state index in [1.165, 1.54) is 12.1 Å². The van der Waals surface area contributed by atoms with Crippen LogP contribution >= 0.6 is 12.2 Å². The molecule has 2 aliphatic heterocycles. The molecule has 0 fully saturated rings. The van der Waals surface area contributed by atoms with Crippen molar-refractivity contribution in [1.29, 1.82) is 0 Å². The van der Waals surface area contributed by atoms with E-state index in [1.54, 1.807) is 18.2 Å². The van der Waals surface area contributed by atoms with Crippen molar-refractivity contribution in [1.82, 2.24) is 16.0 Å². The number of nitrogens with zero attached hydrogens (tertiary/aromatic N) is 2. The predicted molar refractivity (Wildman–Crippen MR) is 208 cm³/mol. The summed E-state index contributed by atoms with van der Waals surface area (Å²) in [4.78, 5) is 30.7. The Labute approximate surface area is 310 Å². The molecule has 11 nitrogen and oxygen atoms in total. The molecule has 13 heteroatoms. The molecule has 4 aromatic carbocycles. The van der Waals surface area contributed by atoms with Crippen molar-refractivity contribution in [2.75, 3.05) is 49.1 Å². The van der Waals surface area contributed by atoms with Crippen LogP contribution in [0.15, 0.2) is 78.9 Å². The Kier molecular flexibility index (Phi) is 11.0. The lowest BCUT2D eigenvalue weighted by molar-refractivity contribution is 0.0224. The molecule has 0 aromatic heterocycles. The van der Waals surface area contributed by atoms with Gasteiger partial charge in [-0.1, -0.05) is 24.3 Å². The first-order valence-electron chi connectivity index (χ1n) is 17.7. The van der Waals surface area contributed by atoms with Gasteiger partial charge < -0.3 is 45.3 Å². The van der Waals surface area contributed by atoms with Crippen molar-refractivity contribution >= 4 is 53.2 Å². The Morgan fingerprint density at radius 1 is 0.769 bits per heavy atom. The van der Waals surface area contributed by atoms with Crippen molar-refractivity contribution in [3.05, 3.63) is 112 Å². The number of thiocarbonyl (C=S) groups is 1. The number of ether oxygens (including phenoxy) is 2. The van der Waals surface area contributed by atoms with E-state index in [0.717, 1.165) is 59.8 Å². The number of nitrogens with one attached hydrogen (secondary N) is 3. The molecule has 4 aromatic rings. The molecule has 270 valence electrons. The number of fused-ring (bicyclic) bond motifs is 6. The van der Waals surface area contributed by atoms with Gasteiger partial charge in [0.15, 0.2) is 10.7 Å². The smallest absolute Gasteiger partial charge is 0.456 e. The molecule has 6 rings (SSSR count).